The van der Waals surface area contributed by atoms with E-state index in [1.165, 1.54) is 0 Å². The third-order valence-electron chi connectivity index (χ3n) is 5.40. The second-order valence-electron chi connectivity index (χ2n) is 8.23. The Morgan fingerprint density at radius 1 is 0.879 bits per heavy atom. The highest BCUT2D eigenvalue weighted by Gasteiger charge is 2.28. The maximum absolute atomic E-state index is 13.0. The number of benzene rings is 3. The molecule has 0 fully saturated rings. The molecule has 0 aromatic heterocycles. The highest BCUT2D eigenvalue weighted by Crippen LogP contribution is 2.20. The fraction of sp³-hybridized carbons (Fsp3) is 0.269. The molecule has 0 heterocycles. The number of hydrogen-bond donors (Lipinski definition) is 3. The van der Waals surface area contributed by atoms with E-state index in [4.69, 9.17) is 10.5 Å². The van der Waals surface area contributed by atoms with Crippen LogP contribution in [0.15, 0.2) is 72.8 Å². The van der Waals surface area contributed by atoms with E-state index in [0.29, 0.717) is 0 Å². The Morgan fingerprint density at radius 3 is 2.24 bits per heavy atom. The summed E-state index contributed by atoms with van der Waals surface area (Å²) in [7, 11) is 0. The molecular formula is C26H29N3O4. The molecule has 0 unspecified atom stereocenters. The van der Waals surface area contributed by atoms with Gasteiger partial charge in [-0.15, -0.1) is 0 Å². The Balaban J connectivity index is 1.66. The first-order valence-electron chi connectivity index (χ1n) is 10.9. The van der Waals surface area contributed by atoms with Gasteiger partial charge in [-0.05, 0) is 27.8 Å². The monoisotopic (exact) mass is 447 g/mol. The fourth-order valence-electron chi connectivity index (χ4n) is 3.60. The summed E-state index contributed by atoms with van der Waals surface area (Å²) in [5, 5.41) is 7.33. The van der Waals surface area contributed by atoms with Gasteiger partial charge in [0.15, 0.2) is 0 Å². The molecule has 7 nitrogen and oxygen atoms in total. The molecule has 3 aromatic rings. The molecule has 0 aliphatic heterocycles. The molecule has 0 aliphatic rings. The van der Waals surface area contributed by atoms with Crippen LogP contribution in [-0.4, -0.2) is 30.0 Å². The Kier molecular flexibility index (Phi) is 8.02. The molecule has 4 N–H and O–H groups in total. The summed E-state index contributed by atoms with van der Waals surface area (Å²) in [5.41, 5.74) is 7.33. The van der Waals surface area contributed by atoms with Gasteiger partial charge in [0.25, 0.3) is 0 Å². The minimum atomic E-state index is -0.924. The number of carbonyl (C=O) groups is 3. The molecule has 0 radical (unpaired) electrons. The summed E-state index contributed by atoms with van der Waals surface area (Å²) in [6.45, 7) is 3.68. The molecule has 7 heteroatoms. The van der Waals surface area contributed by atoms with E-state index in [-0.39, 0.29) is 18.9 Å². The smallest absolute Gasteiger partial charge is 0.408 e. The SMILES string of the molecule is CC(C)[C@@H](NC(=O)OCc1ccccc1)C(=O)N[C@@H](Cc1cccc2ccccc12)C(N)=O. The summed E-state index contributed by atoms with van der Waals surface area (Å²) < 4.78 is 5.23. The number of nitrogens with one attached hydrogen (secondary N) is 2. The molecule has 0 saturated heterocycles. The zero-order chi connectivity index (χ0) is 23.8. The molecular weight excluding hydrogens is 418 g/mol. The Labute approximate surface area is 193 Å². The Hall–Kier alpha value is -3.87. The topological polar surface area (TPSA) is 111 Å². The molecule has 2 atom stereocenters. The van der Waals surface area contributed by atoms with Crippen LogP contribution < -0.4 is 16.4 Å². The van der Waals surface area contributed by atoms with Crippen molar-refractivity contribution < 1.29 is 19.1 Å². The van der Waals surface area contributed by atoms with Crippen molar-refractivity contribution in [2.45, 2.75) is 39.0 Å². The lowest BCUT2D eigenvalue weighted by molar-refractivity contribution is -0.129. The van der Waals surface area contributed by atoms with E-state index >= 15 is 0 Å². The highest BCUT2D eigenvalue weighted by atomic mass is 16.5. The number of fused-ring (bicyclic) bond motifs is 1. The van der Waals surface area contributed by atoms with Crippen molar-refractivity contribution >= 4 is 28.7 Å². The molecule has 3 aromatic carbocycles. The minimum Gasteiger partial charge on any atom is -0.445 e. The lowest BCUT2D eigenvalue weighted by atomic mass is 9.97. The van der Waals surface area contributed by atoms with Crippen LogP contribution in [0.3, 0.4) is 0 Å². The van der Waals surface area contributed by atoms with Crippen molar-refractivity contribution in [3.05, 3.63) is 83.9 Å². The average molecular weight is 448 g/mol. The van der Waals surface area contributed by atoms with Crippen LogP contribution in [0.2, 0.25) is 0 Å². The highest BCUT2D eigenvalue weighted by molar-refractivity contribution is 5.92. The van der Waals surface area contributed by atoms with Gasteiger partial charge in [0.1, 0.15) is 18.7 Å². The molecule has 3 amide bonds. The molecule has 33 heavy (non-hydrogen) atoms. The minimum absolute atomic E-state index is 0.0874. The van der Waals surface area contributed by atoms with Crippen LogP contribution in [0.1, 0.15) is 25.0 Å². The predicted octanol–water partition coefficient (Wildman–Crippen LogP) is 3.30. The number of rotatable bonds is 9. The van der Waals surface area contributed by atoms with Crippen molar-refractivity contribution in [2.75, 3.05) is 0 Å². The average Bonchev–Trinajstić information content (AvgIpc) is 2.81. The first-order valence-corrected chi connectivity index (χ1v) is 10.9. The lowest BCUT2D eigenvalue weighted by Crippen LogP contribution is -2.55. The molecule has 0 spiro atoms. The van der Waals surface area contributed by atoms with Gasteiger partial charge in [-0.25, -0.2) is 4.79 Å². The number of primary amides is 1. The zero-order valence-corrected chi connectivity index (χ0v) is 18.8. The third kappa shape index (κ3) is 6.55. The standard InChI is InChI=1S/C26H29N3O4/c1-17(2)23(29-26(32)33-16-18-9-4-3-5-10-18)25(31)28-22(24(27)30)15-20-13-8-12-19-11-6-7-14-21(19)20/h3-14,17,22-23H,15-16H2,1-2H3,(H2,27,30)(H,28,31)(H,29,32)/t22-,23+/m0/s1. The number of nitrogens with two attached hydrogens (primary N) is 1. The van der Waals surface area contributed by atoms with E-state index in [9.17, 15) is 14.4 Å². The Morgan fingerprint density at radius 2 is 1.55 bits per heavy atom. The maximum atomic E-state index is 13.0. The normalized spacial score (nSPS) is 12.7. The second kappa shape index (κ2) is 11.1. The zero-order valence-electron chi connectivity index (χ0n) is 18.8. The number of alkyl carbamates (subject to hydrolysis) is 1. The van der Waals surface area contributed by atoms with Crippen molar-refractivity contribution in [1.82, 2.24) is 10.6 Å². The van der Waals surface area contributed by atoms with Gasteiger partial charge in [-0.3, -0.25) is 9.59 Å². The summed E-state index contributed by atoms with van der Waals surface area (Å²) in [6.07, 6.45) is -0.469. The van der Waals surface area contributed by atoms with Crippen molar-refractivity contribution in [3.8, 4) is 0 Å². The predicted molar refractivity (Wildman–Crippen MR) is 127 cm³/mol. The molecule has 172 valence electrons. The van der Waals surface area contributed by atoms with Crippen molar-refractivity contribution in [2.24, 2.45) is 11.7 Å². The third-order valence-corrected chi connectivity index (χ3v) is 5.40. The molecule has 0 aliphatic carbocycles. The summed E-state index contributed by atoms with van der Waals surface area (Å²) in [6, 6.07) is 21.0. The van der Waals surface area contributed by atoms with Gasteiger partial charge in [-0.1, -0.05) is 86.6 Å². The van der Waals surface area contributed by atoms with Gasteiger partial charge >= 0.3 is 6.09 Å². The van der Waals surface area contributed by atoms with Gasteiger partial charge < -0.3 is 21.1 Å². The van der Waals surface area contributed by atoms with Crippen LogP contribution in [0.25, 0.3) is 10.8 Å². The fourth-order valence-corrected chi connectivity index (χ4v) is 3.60. The largest absolute Gasteiger partial charge is 0.445 e. The van der Waals surface area contributed by atoms with Crippen LogP contribution in [-0.2, 0) is 27.4 Å². The molecule has 0 saturated carbocycles. The number of hydrogen-bond acceptors (Lipinski definition) is 4. The number of amides is 3. The quantitative estimate of drug-likeness (QED) is 0.467. The molecule has 0 bridgehead atoms. The first-order chi connectivity index (χ1) is 15.8. The van der Waals surface area contributed by atoms with Crippen LogP contribution in [0, 0.1) is 5.92 Å². The maximum Gasteiger partial charge on any atom is 0.408 e. The lowest BCUT2D eigenvalue weighted by Gasteiger charge is -2.24. The van der Waals surface area contributed by atoms with Gasteiger partial charge in [0.2, 0.25) is 11.8 Å². The summed E-state index contributed by atoms with van der Waals surface area (Å²) >= 11 is 0. The Bertz CT molecular complexity index is 1110. The van der Waals surface area contributed by atoms with E-state index < -0.39 is 30.0 Å². The van der Waals surface area contributed by atoms with Crippen molar-refractivity contribution in [3.63, 3.8) is 0 Å². The van der Waals surface area contributed by atoms with Crippen LogP contribution >= 0.6 is 0 Å². The van der Waals surface area contributed by atoms with E-state index in [0.717, 1.165) is 21.9 Å². The van der Waals surface area contributed by atoms with Crippen LogP contribution in [0.4, 0.5) is 4.79 Å². The number of ether oxygens (including phenoxy) is 1. The van der Waals surface area contributed by atoms with E-state index in [1.807, 2.05) is 72.8 Å². The molecule has 3 rings (SSSR count). The van der Waals surface area contributed by atoms with Crippen molar-refractivity contribution in [1.29, 1.82) is 0 Å². The van der Waals surface area contributed by atoms with Gasteiger partial charge in [0, 0.05) is 6.42 Å². The number of carbonyl (C=O) groups excluding carboxylic acids is 3. The van der Waals surface area contributed by atoms with Gasteiger partial charge in [0.05, 0.1) is 0 Å². The summed E-state index contributed by atoms with van der Waals surface area (Å²) in [4.78, 5) is 37.4. The van der Waals surface area contributed by atoms with E-state index in [1.54, 1.807) is 13.8 Å². The summed E-state index contributed by atoms with van der Waals surface area (Å²) in [5.74, 6) is -1.38. The first kappa shape index (κ1) is 23.8. The van der Waals surface area contributed by atoms with E-state index in [2.05, 4.69) is 10.6 Å². The van der Waals surface area contributed by atoms with Gasteiger partial charge in [-0.2, -0.15) is 0 Å². The second-order valence-corrected chi connectivity index (χ2v) is 8.23. The van der Waals surface area contributed by atoms with Crippen LogP contribution in [0.5, 0.6) is 0 Å².